The first-order valence-electron chi connectivity index (χ1n) is 9.57. The van der Waals surface area contributed by atoms with E-state index < -0.39 is 16.6 Å². The molecule has 29 heavy (non-hydrogen) atoms. The molecule has 1 saturated carbocycles. The van der Waals surface area contributed by atoms with Gasteiger partial charge < -0.3 is 20.7 Å². The molecule has 0 saturated heterocycles. The van der Waals surface area contributed by atoms with E-state index in [0.717, 1.165) is 5.56 Å². The van der Waals surface area contributed by atoms with Crippen molar-refractivity contribution in [3.05, 3.63) is 33.9 Å². The zero-order valence-electron chi connectivity index (χ0n) is 17.8. The molecule has 0 heterocycles. The number of non-ortho nitro benzene ring substituents is 1. The molecule has 3 N–H and O–H groups in total. The number of amides is 2. The molecule has 0 aliphatic heterocycles. The van der Waals surface area contributed by atoms with Gasteiger partial charge in [0.2, 0.25) is 5.91 Å². The Bertz CT molecular complexity index is 801. The molecule has 1 aliphatic rings. The highest BCUT2D eigenvalue weighted by atomic mass is 16.6. The molecule has 2 atom stereocenters. The van der Waals surface area contributed by atoms with Crippen LogP contribution in [0.5, 0.6) is 0 Å². The summed E-state index contributed by atoms with van der Waals surface area (Å²) in [7, 11) is 0. The van der Waals surface area contributed by atoms with E-state index in [9.17, 15) is 19.7 Å². The standard InChI is InChI=1S/C20H30N4O5/c1-12-7-8-13(24(27)28)9-14(12)22-17(25)11-21-15-10-16(20(15,5)6)23-18(26)29-19(2,3)4/h7-9,15-16,21H,10-11H2,1-6H3,(H,22,25)(H,23,26). The zero-order valence-corrected chi connectivity index (χ0v) is 17.8. The Hall–Kier alpha value is -2.68. The summed E-state index contributed by atoms with van der Waals surface area (Å²) in [5.74, 6) is -0.284. The quantitative estimate of drug-likeness (QED) is 0.493. The molecular weight excluding hydrogens is 376 g/mol. The van der Waals surface area contributed by atoms with Crippen LogP contribution in [0, 0.1) is 22.5 Å². The van der Waals surface area contributed by atoms with Crippen LogP contribution in [-0.2, 0) is 9.53 Å². The van der Waals surface area contributed by atoms with Crippen LogP contribution in [-0.4, -0.2) is 41.2 Å². The van der Waals surface area contributed by atoms with Crippen LogP contribution in [0.3, 0.4) is 0 Å². The first-order valence-corrected chi connectivity index (χ1v) is 9.57. The summed E-state index contributed by atoms with van der Waals surface area (Å²) < 4.78 is 5.29. The van der Waals surface area contributed by atoms with Crippen LogP contribution in [0.2, 0.25) is 0 Å². The van der Waals surface area contributed by atoms with Gasteiger partial charge >= 0.3 is 6.09 Å². The van der Waals surface area contributed by atoms with Gasteiger partial charge in [-0.05, 0) is 39.7 Å². The van der Waals surface area contributed by atoms with E-state index in [-0.39, 0.29) is 35.6 Å². The Kier molecular flexibility index (Phi) is 6.52. The second kappa shape index (κ2) is 8.36. The van der Waals surface area contributed by atoms with Crippen LogP contribution in [0.15, 0.2) is 18.2 Å². The third kappa shape index (κ3) is 5.90. The van der Waals surface area contributed by atoms with Crippen molar-refractivity contribution in [3.63, 3.8) is 0 Å². The van der Waals surface area contributed by atoms with Gasteiger partial charge in [-0.2, -0.15) is 0 Å². The molecule has 0 aromatic heterocycles. The molecular formula is C20H30N4O5. The molecule has 0 radical (unpaired) electrons. The number of benzene rings is 1. The Morgan fingerprint density at radius 1 is 1.28 bits per heavy atom. The van der Waals surface area contributed by atoms with Crippen LogP contribution >= 0.6 is 0 Å². The smallest absolute Gasteiger partial charge is 0.407 e. The number of aryl methyl sites for hydroxylation is 1. The van der Waals surface area contributed by atoms with Gasteiger partial charge in [-0.3, -0.25) is 14.9 Å². The van der Waals surface area contributed by atoms with Gasteiger partial charge in [0.25, 0.3) is 5.69 Å². The average Bonchev–Trinajstić information content (AvgIpc) is 2.57. The zero-order chi connectivity index (χ0) is 22.0. The molecule has 0 bridgehead atoms. The van der Waals surface area contributed by atoms with E-state index >= 15 is 0 Å². The van der Waals surface area contributed by atoms with E-state index in [1.807, 2.05) is 34.6 Å². The molecule has 1 fully saturated rings. The first kappa shape index (κ1) is 22.6. The van der Waals surface area contributed by atoms with E-state index in [1.54, 1.807) is 13.0 Å². The van der Waals surface area contributed by atoms with Gasteiger partial charge in [0.15, 0.2) is 0 Å². The van der Waals surface area contributed by atoms with Crippen molar-refractivity contribution in [1.29, 1.82) is 0 Å². The normalized spacial score (nSPS) is 20.3. The summed E-state index contributed by atoms with van der Waals surface area (Å²) in [5.41, 5.74) is 0.282. The van der Waals surface area contributed by atoms with Crippen LogP contribution < -0.4 is 16.0 Å². The van der Waals surface area contributed by atoms with Crippen molar-refractivity contribution >= 4 is 23.4 Å². The summed E-state index contributed by atoms with van der Waals surface area (Å²) in [6.45, 7) is 11.3. The number of nitrogens with one attached hydrogen (secondary N) is 3. The molecule has 160 valence electrons. The van der Waals surface area contributed by atoms with Crippen molar-refractivity contribution < 1.29 is 19.2 Å². The van der Waals surface area contributed by atoms with Crippen molar-refractivity contribution in [1.82, 2.24) is 10.6 Å². The van der Waals surface area contributed by atoms with E-state index in [4.69, 9.17) is 4.74 Å². The van der Waals surface area contributed by atoms with Crippen LogP contribution in [0.4, 0.5) is 16.2 Å². The van der Waals surface area contributed by atoms with E-state index in [2.05, 4.69) is 16.0 Å². The van der Waals surface area contributed by atoms with Crippen LogP contribution in [0.25, 0.3) is 0 Å². The minimum atomic E-state index is -0.557. The maximum absolute atomic E-state index is 12.3. The number of nitro groups is 1. The second-order valence-electron chi connectivity index (χ2n) is 8.99. The maximum Gasteiger partial charge on any atom is 0.407 e. The molecule has 2 unspecified atom stereocenters. The number of nitro benzene ring substituents is 1. The summed E-state index contributed by atoms with van der Waals surface area (Å²) in [5, 5.41) is 19.7. The fraction of sp³-hybridized carbons (Fsp3) is 0.600. The highest BCUT2D eigenvalue weighted by molar-refractivity contribution is 5.93. The van der Waals surface area contributed by atoms with Crippen molar-refractivity contribution in [3.8, 4) is 0 Å². The minimum Gasteiger partial charge on any atom is -0.444 e. The van der Waals surface area contributed by atoms with E-state index in [0.29, 0.717) is 12.1 Å². The van der Waals surface area contributed by atoms with Gasteiger partial charge in [0.1, 0.15) is 5.60 Å². The lowest BCUT2D eigenvalue weighted by molar-refractivity contribution is -0.384. The third-order valence-corrected chi connectivity index (χ3v) is 5.17. The van der Waals surface area contributed by atoms with Crippen molar-refractivity contribution in [2.75, 3.05) is 11.9 Å². The van der Waals surface area contributed by atoms with Gasteiger partial charge in [-0.15, -0.1) is 0 Å². The predicted molar refractivity (Wildman–Crippen MR) is 110 cm³/mol. The number of nitrogens with zero attached hydrogens (tertiary/aromatic N) is 1. The summed E-state index contributed by atoms with van der Waals surface area (Å²) in [4.78, 5) is 34.7. The van der Waals surface area contributed by atoms with Gasteiger partial charge in [0.05, 0.1) is 17.2 Å². The lowest BCUT2D eigenvalue weighted by Gasteiger charge is -2.52. The lowest BCUT2D eigenvalue weighted by atomic mass is 9.63. The van der Waals surface area contributed by atoms with E-state index in [1.165, 1.54) is 12.1 Å². The number of alkyl carbamates (subject to hydrolysis) is 1. The third-order valence-electron chi connectivity index (χ3n) is 5.17. The molecule has 1 aromatic rings. The highest BCUT2D eigenvalue weighted by Crippen LogP contribution is 2.40. The second-order valence-corrected chi connectivity index (χ2v) is 8.99. The number of ether oxygens (including phenoxy) is 1. The lowest BCUT2D eigenvalue weighted by Crippen LogP contribution is -2.66. The fourth-order valence-electron chi connectivity index (χ4n) is 3.24. The molecule has 0 spiro atoms. The summed E-state index contributed by atoms with van der Waals surface area (Å²) >= 11 is 0. The Morgan fingerprint density at radius 2 is 1.93 bits per heavy atom. The molecule has 1 aromatic carbocycles. The predicted octanol–water partition coefficient (Wildman–Crippen LogP) is 3.12. The average molecular weight is 406 g/mol. The number of anilines is 1. The maximum atomic E-state index is 12.3. The highest BCUT2D eigenvalue weighted by Gasteiger charge is 2.49. The Morgan fingerprint density at radius 3 is 2.48 bits per heavy atom. The van der Waals surface area contributed by atoms with Crippen LogP contribution in [0.1, 0.15) is 46.6 Å². The number of carbonyl (C=O) groups is 2. The summed E-state index contributed by atoms with van der Waals surface area (Å²) in [6.07, 6.45) is 0.225. The number of carbonyl (C=O) groups excluding carboxylic acids is 2. The molecule has 9 heteroatoms. The first-order chi connectivity index (χ1) is 13.3. The summed E-state index contributed by atoms with van der Waals surface area (Å²) in [6, 6.07) is 4.33. The number of hydrogen-bond acceptors (Lipinski definition) is 6. The fourth-order valence-corrected chi connectivity index (χ4v) is 3.24. The SMILES string of the molecule is Cc1ccc([N+](=O)[O-])cc1NC(=O)CNC1CC(NC(=O)OC(C)(C)C)C1(C)C. The Labute approximate surface area is 170 Å². The molecule has 2 rings (SSSR count). The topological polar surface area (TPSA) is 123 Å². The Balaban J connectivity index is 1.85. The largest absolute Gasteiger partial charge is 0.444 e. The number of hydrogen-bond donors (Lipinski definition) is 3. The number of rotatable bonds is 6. The van der Waals surface area contributed by atoms with Gasteiger partial charge in [-0.25, -0.2) is 4.79 Å². The molecule has 1 aliphatic carbocycles. The van der Waals surface area contributed by atoms with Crippen molar-refractivity contribution in [2.24, 2.45) is 5.41 Å². The monoisotopic (exact) mass is 406 g/mol. The molecule has 2 amide bonds. The van der Waals surface area contributed by atoms with Crippen molar-refractivity contribution in [2.45, 2.75) is 65.6 Å². The minimum absolute atomic E-state index is 0.0411. The molecule has 9 nitrogen and oxygen atoms in total. The van der Waals surface area contributed by atoms with Gasteiger partial charge in [-0.1, -0.05) is 19.9 Å². The van der Waals surface area contributed by atoms with Gasteiger partial charge in [0, 0.05) is 29.6 Å².